The molecular formula is C15H11F3N2O2S. The summed E-state index contributed by atoms with van der Waals surface area (Å²) in [5.41, 5.74) is -0.235. The molecule has 2 heterocycles. The zero-order valence-electron chi connectivity index (χ0n) is 12.1. The minimum Gasteiger partial charge on any atom is -0.422 e. The van der Waals surface area contributed by atoms with Gasteiger partial charge in [-0.05, 0) is 25.1 Å². The van der Waals surface area contributed by atoms with E-state index < -0.39 is 23.5 Å². The number of fused-ring (bicyclic) bond motifs is 1. The summed E-state index contributed by atoms with van der Waals surface area (Å²) in [4.78, 5) is 13.2. The van der Waals surface area contributed by atoms with Crippen LogP contribution in [0.25, 0.3) is 10.2 Å². The van der Waals surface area contributed by atoms with Gasteiger partial charge in [-0.2, -0.15) is 18.3 Å². The van der Waals surface area contributed by atoms with Crippen molar-refractivity contribution in [3.05, 3.63) is 46.5 Å². The molecule has 0 saturated carbocycles. The average molecular weight is 340 g/mol. The predicted octanol–water partition coefficient (Wildman–Crippen LogP) is 4.18. The molecule has 3 rings (SSSR count). The Bertz CT molecular complexity index is 861. The van der Waals surface area contributed by atoms with E-state index in [0.717, 1.165) is 39.4 Å². The molecule has 0 saturated heterocycles. The minimum absolute atomic E-state index is 0.230. The van der Waals surface area contributed by atoms with Gasteiger partial charge in [0.15, 0.2) is 0 Å². The van der Waals surface area contributed by atoms with E-state index in [9.17, 15) is 18.0 Å². The van der Waals surface area contributed by atoms with Crippen molar-refractivity contribution in [2.24, 2.45) is 7.05 Å². The monoisotopic (exact) mass is 340 g/mol. The van der Waals surface area contributed by atoms with Gasteiger partial charge in [-0.3, -0.25) is 4.68 Å². The van der Waals surface area contributed by atoms with Gasteiger partial charge in [0.25, 0.3) is 0 Å². The Hall–Kier alpha value is -2.35. The van der Waals surface area contributed by atoms with Crippen LogP contribution < -0.4 is 4.74 Å². The number of carbonyl (C=O) groups excluding carboxylic acids is 1. The highest BCUT2D eigenvalue weighted by Crippen LogP contribution is 2.36. The van der Waals surface area contributed by atoms with Crippen LogP contribution in [0.1, 0.15) is 20.9 Å². The summed E-state index contributed by atoms with van der Waals surface area (Å²) in [6.07, 6.45) is -4.59. The van der Waals surface area contributed by atoms with Crippen molar-refractivity contribution < 1.29 is 22.7 Å². The molecule has 1 aromatic carbocycles. The van der Waals surface area contributed by atoms with Crippen LogP contribution in [0.3, 0.4) is 0 Å². The zero-order chi connectivity index (χ0) is 16.8. The molecule has 120 valence electrons. The van der Waals surface area contributed by atoms with Crippen molar-refractivity contribution in [3.8, 4) is 5.75 Å². The fourth-order valence-corrected chi connectivity index (χ4v) is 3.25. The molecule has 0 spiro atoms. The first-order valence-corrected chi connectivity index (χ1v) is 7.40. The Balaban J connectivity index is 1.94. The first-order chi connectivity index (χ1) is 10.8. The largest absolute Gasteiger partial charge is 0.422 e. The van der Waals surface area contributed by atoms with Crippen LogP contribution in [0.2, 0.25) is 0 Å². The van der Waals surface area contributed by atoms with Crippen molar-refractivity contribution in [2.45, 2.75) is 13.1 Å². The third-order valence-electron chi connectivity index (χ3n) is 3.29. The Labute approximate surface area is 133 Å². The zero-order valence-corrected chi connectivity index (χ0v) is 13.0. The molecule has 0 aliphatic heterocycles. The number of thiophene rings is 1. The standard InChI is InChI=1S/C15H11F3N2O2S/c1-8-9-7-12(23-13(9)20(2)19-8)14(21)22-11-6-4-3-5-10(11)15(16,17)18/h3-7H,1-2H3. The summed E-state index contributed by atoms with van der Waals surface area (Å²) in [5, 5.41) is 4.99. The highest BCUT2D eigenvalue weighted by Gasteiger charge is 2.34. The third-order valence-corrected chi connectivity index (χ3v) is 4.47. The number of aromatic nitrogens is 2. The minimum atomic E-state index is -4.59. The summed E-state index contributed by atoms with van der Waals surface area (Å²) in [7, 11) is 1.74. The normalized spacial score (nSPS) is 11.9. The number of carbonyl (C=O) groups is 1. The number of halogens is 3. The second-order valence-electron chi connectivity index (χ2n) is 4.92. The van der Waals surface area contributed by atoms with E-state index in [-0.39, 0.29) is 4.88 Å². The first kappa shape index (κ1) is 15.5. The lowest BCUT2D eigenvalue weighted by molar-refractivity contribution is -0.138. The second-order valence-corrected chi connectivity index (χ2v) is 5.95. The number of aryl methyl sites for hydroxylation is 2. The van der Waals surface area contributed by atoms with E-state index in [4.69, 9.17) is 4.74 Å². The molecule has 0 aliphatic carbocycles. The van der Waals surface area contributed by atoms with E-state index in [1.807, 2.05) is 0 Å². The maximum absolute atomic E-state index is 12.9. The lowest BCUT2D eigenvalue weighted by Gasteiger charge is -2.11. The average Bonchev–Trinajstić information content (AvgIpc) is 3.01. The highest BCUT2D eigenvalue weighted by atomic mass is 32.1. The van der Waals surface area contributed by atoms with E-state index in [2.05, 4.69) is 5.10 Å². The number of hydrogen-bond acceptors (Lipinski definition) is 4. The summed E-state index contributed by atoms with van der Waals surface area (Å²) >= 11 is 1.13. The number of para-hydroxylation sites is 1. The highest BCUT2D eigenvalue weighted by molar-refractivity contribution is 7.20. The Morgan fingerprint density at radius 1 is 1.30 bits per heavy atom. The van der Waals surface area contributed by atoms with Crippen molar-refractivity contribution in [1.82, 2.24) is 9.78 Å². The van der Waals surface area contributed by atoms with Gasteiger partial charge in [-0.1, -0.05) is 12.1 Å². The number of ether oxygens (including phenoxy) is 1. The van der Waals surface area contributed by atoms with Crippen LogP contribution in [0.5, 0.6) is 5.75 Å². The molecule has 0 unspecified atom stereocenters. The molecule has 0 radical (unpaired) electrons. The lowest BCUT2D eigenvalue weighted by Crippen LogP contribution is -2.12. The van der Waals surface area contributed by atoms with Gasteiger partial charge in [0.2, 0.25) is 0 Å². The quantitative estimate of drug-likeness (QED) is 0.519. The SMILES string of the molecule is Cc1nn(C)c2sc(C(=O)Oc3ccccc3C(F)(F)F)cc12. The second kappa shape index (κ2) is 5.38. The fourth-order valence-electron chi connectivity index (χ4n) is 2.25. The van der Waals surface area contributed by atoms with E-state index in [0.29, 0.717) is 0 Å². The molecular weight excluding hydrogens is 329 g/mol. The topological polar surface area (TPSA) is 44.1 Å². The molecule has 4 nitrogen and oxygen atoms in total. The van der Waals surface area contributed by atoms with Crippen LogP contribution in [0.4, 0.5) is 13.2 Å². The molecule has 3 aromatic rings. The van der Waals surface area contributed by atoms with Crippen molar-refractivity contribution in [1.29, 1.82) is 0 Å². The van der Waals surface area contributed by atoms with Crippen LogP contribution in [0.15, 0.2) is 30.3 Å². The van der Waals surface area contributed by atoms with Gasteiger partial charge in [0.05, 0.1) is 11.3 Å². The van der Waals surface area contributed by atoms with Crippen LogP contribution >= 0.6 is 11.3 Å². The fraction of sp³-hybridized carbons (Fsp3) is 0.200. The summed E-state index contributed by atoms with van der Waals surface area (Å²) in [6, 6.07) is 6.22. The van der Waals surface area contributed by atoms with Gasteiger partial charge < -0.3 is 4.74 Å². The molecule has 2 aromatic heterocycles. The third kappa shape index (κ3) is 2.81. The number of alkyl halides is 3. The molecule has 0 aliphatic rings. The number of esters is 1. The molecule has 0 N–H and O–H groups in total. The van der Waals surface area contributed by atoms with Gasteiger partial charge >= 0.3 is 12.1 Å². The number of rotatable bonds is 2. The van der Waals surface area contributed by atoms with Crippen LogP contribution in [-0.2, 0) is 13.2 Å². The number of nitrogens with zero attached hydrogens (tertiary/aromatic N) is 2. The first-order valence-electron chi connectivity index (χ1n) is 6.59. The summed E-state index contributed by atoms with van der Waals surface area (Å²) < 4.78 is 45.4. The summed E-state index contributed by atoms with van der Waals surface area (Å²) in [6.45, 7) is 1.79. The van der Waals surface area contributed by atoms with Gasteiger partial charge in [-0.15, -0.1) is 11.3 Å². The van der Waals surface area contributed by atoms with E-state index in [1.165, 1.54) is 12.1 Å². The Kier molecular flexibility index (Phi) is 3.63. The van der Waals surface area contributed by atoms with Crippen molar-refractivity contribution >= 4 is 27.5 Å². The number of benzene rings is 1. The molecule has 8 heteroatoms. The maximum atomic E-state index is 12.9. The smallest absolute Gasteiger partial charge is 0.419 e. The summed E-state index contributed by atoms with van der Waals surface area (Å²) in [5.74, 6) is -1.32. The van der Waals surface area contributed by atoms with Crippen molar-refractivity contribution in [3.63, 3.8) is 0 Å². The van der Waals surface area contributed by atoms with Gasteiger partial charge in [0, 0.05) is 12.4 Å². The number of hydrogen-bond donors (Lipinski definition) is 0. The molecule has 0 fully saturated rings. The van der Waals surface area contributed by atoms with Crippen LogP contribution in [0, 0.1) is 6.92 Å². The lowest BCUT2D eigenvalue weighted by atomic mass is 10.2. The Morgan fingerprint density at radius 3 is 2.65 bits per heavy atom. The molecule has 0 amide bonds. The van der Waals surface area contributed by atoms with E-state index in [1.54, 1.807) is 24.7 Å². The van der Waals surface area contributed by atoms with Gasteiger partial charge in [0.1, 0.15) is 15.5 Å². The maximum Gasteiger partial charge on any atom is 0.419 e. The van der Waals surface area contributed by atoms with Gasteiger partial charge in [-0.25, -0.2) is 4.79 Å². The Morgan fingerprint density at radius 2 is 2.00 bits per heavy atom. The molecule has 0 bridgehead atoms. The molecule has 0 atom stereocenters. The van der Waals surface area contributed by atoms with Crippen LogP contribution in [-0.4, -0.2) is 15.7 Å². The van der Waals surface area contributed by atoms with Crippen molar-refractivity contribution in [2.75, 3.05) is 0 Å². The molecule has 23 heavy (non-hydrogen) atoms. The van der Waals surface area contributed by atoms with E-state index >= 15 is 0 Å². The predicted molar refractivity (Wildman–Crippen MR) is 79.7 cm³/mol.